The van der Waals surface area contributed by atoms with Gasteiger partial charge >= 0.3 is 0 Å². The molecule has 1 nitrogen and oxygen atoms in total. The molecule has 0 radical (unpaired) electrons. The van der Waals surface area contributed by atoms with Gasteiger partial charge < -0.3 is 0 Å². The standard InChI is InChI=1S/C24H18Br2O/c25-23-9-5-4-8-21(23)18-12-19(14-20(27)13-18)22-11-10-17(15-24(22)26)16-6-2-1-3-7-16/h1-11,13,15,19H,12,14H2. The van der Waals surface area contributed by atoms with E-state index in [1.54, 1.807) is 0 Å². The van der Waals surface area contributed by atoms with Crippen LogP contribution in [-0.4, -0.2) is 5.78 Å². The maximum absolute atomic E-state index is 12.4. The molecule has 0 bridgehead atoms. The zero-order valence-electron chi connectivity index (χ0n) is 14.7. The van der Waals surface area contributed by atoms with Gasteiger partial charge in [0.2, 0.25) is 0 Å². The van der Waals surface area contributed by atoms with E-state index < -0.39 is 0 Å². The lowest BCUT2D eigenvalue weighted by Crippen LogP contribution is -2.13. The van der Waals surface area contributed by atoms with Gasteiger partial charge in [-0.1, -0.05) is 92.5 Å². The minimum Gasteiger partial charge on any atom is -0.295 e. The monoisotopic (exact) mass is 480 g/mol. The average Bonchev–Trinajstić information content (AvgIpc) is 2.68. The highest BCUT2D eigenvalue weighted by Gasteiger charge is 2.25. The number of rotatable bonds is 3. The van der Waals surface area contributed by atoms with Crippen molar-refractivity contribution >= 4 is 43.2 Å². The molecule has 0 amide bonds. The fourth-order valence-corrected chi connectivity index (χ4v) is 4.93. The summed E-state index contributed by atoms with van der Waals surface area (Å²) in [5.41, 5.74) is 5.77. The van der Waals surface area contributed by atoms with E-state index in [1.165, 1.54) is 16.7 Å². The maximum Gasteiger partial charge on any atom is 0.156 e. The number of benzene rings is 3. The Labute approximate surface area is 176 Å². The van der Waals surface area contributed by atoms with Gasteiger partial charge in [0.05, 0.1) is 0 Å². The molecule has 3 heteroatoms. The van der Waals surface area contributed by atoms with Crippen molar-refractivity contribution < 1.29 is 4.79 Å². The molecule has 1 aliphatic rings. The van der Waals surface area contributed by atoms with Gasteiger partial charge in [-0.2, -0.15) is 0 Å². The van der Waals surface area contributed by atoms with Crippen molar-refractivity contribution in [1.82, 2.24) is 0 Å². The van der Waals surface area contributed by atoms with Crippen molar-refractivity contribution in [2.45, 2.75) is 18.8 Å². The lowest BCUT2D eigenvalue weighted by Gasteiger charge is -2.24. The van der Waals surface area contributed by atoms with Crippen molar-refractivity contribution in [2.75, 3.05) is 0 Å². The van der Waals surface area contributed by atoms with Crippen LogP contribution in [0.4, 0.5) is 0 Å². The van der Waals surface area contributed by atoms with Crippen LogP contribution in [-0.2, 0) is 4.79 Å². The van der Waals surface area contributed by atoms with Crippen LogP contribution in [0.2, 0.25) is 0 Å². The second-order valence-electron chi connectivity index (χ2n) is 6.82. The van der Waals surface area contributed by atoms with Gasteiger partial charge in [0, 0.05) is 15.4 Å². The van der Waals surface area contributed by atoms with Crippen molar-refractivity contribution in [2.24, 2.45) is 0 Å². The minimum atomic E-state index is 0.184. The van der Waals surface area contributed by atoms with Crippen molar-refractivity contribution in [3.05, 3.63) is 98.9 Å². The molecular weight excluding hydrogens is 464 g/mol. The molecule has 134 valence electrons. The molecule has 0 spiro atoms. The zero-order chi connectivity index (χ0) is 18.8. The summed E-state index contributed by atoms with van der Waals surface area (Å²) in [4.78, 5) is 12.4. The fraction of sp³-hybridized carbons (Fsp3) is 0.125. The summed E-state index contributed by atoms with van der Waals surface area (Å²) in [5, 5.41) is 0. The molecule has 0 fully saturated rings. The molecule has 0 heterocycles. The summed E-state index contributed by atoms with van der Waals surface area (Å²) in [6.07, 6.45) is 3.22. The lowest BCUT2D eigenvalue weighted by molar-refractivity contribution is -0.115. The minimum absolute atomic E-state index is 0.184. The Morgan fingerprint density at radius 1 is 0.741 bits per heavy atom. The number of hydrogen-bond donors (Lipinski definition) is 0. The van der Waals surface area contributed by atoms with Gasteiger partial charge in [0.1, 0.15) is 0 Å². The van der Waals surface area contributed by atoms with E-state index in [0.29, 0.717) is 6.42 Å². The smallest absolute Gasteiger partial charge is 0.156 e. The van der Waals surface area contributed by atoms with Crippen LogP contribution < -0.4 is 0 Å². The lowest BCUT2D eigenvalue weighted by atomic mass is 9.80. The summed E-state index contributed by atoms with van der Waals surface area (Å²) in [6, 6.07) is 24.9. The van der Waals surface area contributed by atoms with Gasteiger partial charge in [-0.05, 0) is 58.4 Å². The second kappa shape index (κ2) is 7.95. The van der Waals surface area contributed by atoms with Gasteiger partial charge in [0.15, 0.2) is 5.78 Å². The second-order valence-corrected chi connectivity index (χ2v) is 8.53. The SMILES string of the molecule is O=C1C=C(c2ccccc2Br)CC(c2ccc(-c3ccccc3)cc2Br)C1. The van der Waals surface area contributed by atoms with Crippen LogP contribution in [0.3, 0.4) is 0 Å². The number of hydrogen-bond acceptors (Lipinski definition) is 1. The zero-order valence-corrected chi connectivity index (χ0v) is 17.8. The van der Waals surface area contributed by atoms with E-state index in [1.807, 2.05) is 42.5 Å². The maximum atomic E-state index is 12.4. The molecule has 0 saturated heterocycles. The molecule has 4 rings (SSSR count). The molecule has 3 aromatic carbocycles. The first-order valence-electron chi connectivity index (χ1n) is 8.95. The predicted molar refractivity (Wildman–Crippen MR) is 119 cm³/mol. The van der Waals surface area contributed by atoms with Crippen LogP contribution in [0.1, 0.15) is 29.9 Å². The topological polar surface area (TPSA) is 17.1 Å². The van der Waals surface area contributed by atoms with E-state index >= 15 is 0 Å². The van der Waals surface area contributed by atoms with E-state index in [4.69, 9.17) is 0 Å². The van der Waals surface area contributed by atoms with Crippen molar-refractivity contribution in [1.29, 1.82) is 0 Å². The summed E-state index contributed by atoms with van der Waals surface area (Å²) < 4.78 is 2.10. The molecule has 1 atom stereocenters. The number of carbonyl (C=O) groups excluding carboxylic acids is 1. The Hall–Kier alpha value is -1.97. The molecule has 3 aromatic rings. The third kappa shape index (κ3) is 3.99. The molecule has 0 aliphatic heterocycles. The normalized spacial score (nSPS) is 16.9. The quantitative estimate of drug-likeness (QED) is 0.380. The molecular formula is C24H18Br2O. The van der Waals surface area contributed by atoms with Gasteiger partial charge in [0.25, 0.3) is 0 Å². The molecule has 0 N–H and O–H groups in total. The summed E-state index contributed by atoms with van der Waals surface area (Å²) in [5.74, 6) is 0.375. The Morgan fingerprint density at radius 3 is 2.22 bits per heavy atom. The molecule has 1 aliphatic carbocycles. The molecule has 0 saturated carbocycles. The Morgan fingerprint density at radius 2 is 1.48 bits per heavy atom. The number of ketones is 1. The number of carbonyl (C=O) groups is 1. The number of allylic oxidation sites excluding steroid dienone is 2. The highest BCUT2D eigenvalue weighted by molar-refractivity contribution is 9.10. The average molecular weight is 482 g/mol. The summed E-state index contributed by atoms with van der Waals surface area (Å²) in [6.45, 7) is 0. The number of halogens is 2. The molecule has 0 aromatic heterocycles. The third-order valence-electron chi connectivity index (χ3n) is 5.02. The Bertz CT molecular complexity index is 1020. The largest absolute Gasteiger partial charge is 0.295 e. The van der Waals surface area contributed by atoms with E-state index in [9.17, 15) is 4.79 Å². The van der Waals surface area contributed by atoms with Crippen LogP contribution in [0.5, 0.6) is 0 Å². The fourth-order valence-electron chi connectivity index (χ4n) is 3.69. The van der Waals surface area contributed by atoms with Gasteiger partial charge in [-0.25, -0.2) is 0 Å². The Balaban J connectivity index is 1.65. The van der Waals surface area contributed by atoms with Gasteiger partial charge in [-0.15, -0.1) is 0 Å². The summed E-state index contributed by atoms with van der Waals surface area (Å²) >= 11 is 7.37. The first kappa shape index (κ1) is 18.4. The highest BCUT2D eigenvalue weighted by Crippen LogP contribution is 2.41. The van der Waals surface area contributed by atoms with E-state index in [2.05, 4.69) is 68.3 Å². The van der Waals surface area contributed by atoms with E-state index in [-0.39, 0.29) is 11.7 Å². The molecule has 27 heavy (non-hydrogen) atoms. The van der Waals surface area contributed by atoms with Gasteiger partial charge in [-0.3, -0.25) is 4.79 Å². The van der Waals surface area contributed by atoms with E-state index in [0.717, 1.165) is 26.5 Å². The van der Waals surface area contributed by atoms with Crippen molar-refractivity contribution in [3.63, 3.8) is 0 Å². The predicted octanol–water partition coefficient (Wildman–Crippen LogP) is 7.41. The van der Waals surface area contributed by atoms with Crippen LogP contribution in [0.25, 0.3) is 16.7 Å². The third-order valence-corrected chi connectivity index (χ3v) is 6.39. The van der Waals surface area contributed by atoms with Crippen LogP contribution in [0, 0.1) is 0 Å². The van der Waals surface area contributed by atoms with Crippen LogP contribution >= 0.6 is 31.9 Å². The highest BCUT2D eigenvalue weighted by atomic mass is 79.9. The summed E-state index contributed by atoms with van der Waals surface area (Å²) in [7, 11) is 0. The first-order chi connectivity index (χ1) is 13.1. The van der Waals surface area contributed by atoms with Crippen LogP contribution in [0.15, 0.2) is 87.8 Å². The molecule has 1 unspecified atom stereocenters. The van der Waals surface area contributed by atoms with Crippen molar-refractivity contribution in [3.8, 4) is 11.1 Å². The first-order valence-corrected chi connectivity index (χ1v) is 10.5. The Kier molecular flexibility index (Phi) is 5.42.